The first-order valence-corrected chi connectivity index (χ1v) is 4.05. The summed E-state index contributed by atoms with van der Waals surface area (Å²) in [4.78, 5) is 0. The van der Waals surface area contributed by atoms with Gasteiger partial charge in [-0.2, -0.15) is 0 Å². The van der Waals surface area contributed by atoms with Crippen molar-refractivity contribution in [3.63, 3.8) is 0 Å². The Morgan fingerprint density at radius 1 is 1.64 bits per heavy atom. The molecular formula is C9H15NO. The van der Waals surface area contributed by atoms with E-state index in [-0.39, 0.29) is 6.04 Å². The summed E-state index contributed by atoms with van der Waals surface area (Å²) in [5, 5.41) is 0. The Morgan fingerprint density at radius 3 is 2.82 bits per heavy atom. The van der Waals surface area contributed by atoms with Gasteiger partial charge in [-0.05, 0) is 25.0 Å². The van der Waals surface area contributed by atoms with Crippen molar-refractivity contribution in [3.05, 3.63) is 23.7 Å². The van der Waals surface area contributed by atoms with Gasteiger partial charge in [0, 0.05) is 0 Å². The molecule has 1 atom stereocenters. The average Bonchev–Trinajstić information content (AvgIpc) is 2.36. The van der Waals surface area contributed by atoms with Crippen molar-refractivity contribution >= 4 is 0 Å². The zero-order valence-corrected chi connectivity index (χ0v) is 7.13. The van der Waals surface area contributed by atoms with Crippen LogP contribution in [0.1, 0.15) is 37.1 Å². The molecule has 1 rings (SSSR count). The number of hydrogen-bond acceptors (Lipinski definition) is 2. The van der Waals surface area contributed by atoms with E-state index in [1.54, 1.807) is 6.26 Å². The van der Waals surface area contributed by atoms with Gasteiger partial charge in [-0.1, -0.05) is 13.3 Å². The van der Waals surface area contributed by atoms with Crippen LogP contribution in [0.2, 0.25) is 0 Å². The fourth-order valence-electron chi connectivity index (χ4n) is 1.21. The Balaban J connectivity index is 2.67. The molecule has 1 heterocycles. The lowest BCUT2D eigenvalue weighted by Gasteiger charge is -2.07. The van der Waals surface area contributed by atoms with Gasteiger partial charge in [0.15, 0.2) is 0 Å². The Kier molecular flexibility index (Phi) is 2.71. The predicted octanol–water partition coefficient (Wildman–Crippen LogP) is 2.39. The van der Waals surface area contributed by atoms with E-state index in [0.29, 0.717) is 0 Å². The third-order valence-corrected chi connectivity index (χ3v) is 1.84. The van der Waals surface area contributed by atoms with E-state index < -0.39 is 0 Å². The number of nitrogens with two attached hydrogens (primary N) is 1. The van der Waals surface area contributed by atoms with E-state index in [1.807, 2.05) is 13.0 Å². The Hall–Kier alpha value is -0.760. The van der Waals surface area contributed by atoms with Crippen molar-refractivity contribution in [2.45, 2.75) is 32.7 Å². The molecule has 62 valence electrons. The summed E-state index contributed by atoms with van der Waals surface area (Å²) >= 11 is 0. The Bertz CT molecular complexity index is 217. The zero-order chi connectivity index (χ0) is 8.27. The SMILES string of the molecule is CCCC(N)c1occc1C. The molecule has 0 fully saturated rings. The molecule has 2 nitrogen and oxygen atoms in total. The van der Waals surface area contributed by atoms with Gasteiger partial charge in [0.1, 0.15) is 5.76 Å². The number of hydrogen-bond donors (Lipinski definition) is 1. The molecule has 2 N–H and O–H groups in total. The van der Waals surface area contributed by atoms with Crippen LogP contribution in [0.4, 0.5) is 0 Å². The molecule has 0 aliphatic carbocycles. The van der Waals surface area contributed by atoms with Crippen LogP contribution in [-0.4, -0.2) is 0 Å². The summed E-state index contributed by atoms with van der Waals surface area (Å²) in [6.45, 7) is 4.15. The van der Waals surface area contributed by atoms with Gasteiger partial charge in [-0.25, -0.2) is 0 Å². The second-order valence-electron chi connectivity index (χ2n) is 2.86. The molecule has 1 aromatic rings. The average molecular weight is 153 g/mol. The molecular weight excluding hydrogens is 138 g/mol. The third-order valence-electron chi connectivity index (χ3n) is 1.84. The third kappa shape index (κ3) is 1.84. The van der Waals surface area contributed by atoms with E-state index in [1.165, 1.54) is 0 Å². The molecule has 1 unspecified atom stereocenters. The molecule has 0 radical (unpaired) electrons. The zero-order valence-electron chi connectivity index (χ0n) is 7.13. The van der Waals surface area contributed by atoms with Crippen LogP contribution < -0.4 is 5.73 Å². The van der Waals surface area contributed by atoms with Crippen LogP contribution in [0.5, 0.6) is 0 Å². The summed E-state index contributed by atoms with van der Waals surface area (Å²) < 4.78 is 5.25. The van der Waals surface area contributed by atoms with Crippen LogP contribution in [0.3, 0.4) is 0 Å². The molecule has 11 heavy (non-hydrogen) atoms. The van der Waals surface area contributed by atoms with E-state index in [4.69, 9.17) is 10.2 Å². The van der Waals surface area contributed by atoms with Gasteiger partial charge < -0.3 is 10.2 Å². The standard InChI is InChI=1S/C9H15NO/c1-3-4-8(10)9-7(2)5-6-11-9/h5-6,8H,3-4,10H2,1-2H3. The lowest BCUT2D eigenvalue weighted by atomic mass is 10.1. The van der Waals surface area contributed by atoms with Crippen LogP contribution >= 0.6 is 0 Å². The van der Waals surface area contributed by atoms with Crippen molar-refractivity contribution in [2.24, 2.45) is 5.73 Å². The molecule has 0 aliphatic heterocycles. The summed E-state index contributed by atoms with van der Waals surface area (Å²) in [5.74, 6) is 0.937. The van der Waals surface area contributed by atoms with Gasteiger partial charge in [0.05, 0.1) is 12.3 Å². The molecule has 0 spiro atoms. The molecule has 0 saturated heterocycles. The number of furan rings is 1. The highest BCUT2D eigenvalue weighted by Gasteiger charge is 2.10. The Labute approximate surface area is 67.4 Å². The maximum absolute atomic E-state index is 5.86. The molecule has 0 aliphatic rings. The summed E-state index contributed by atoms with van der Waals surface area (Å²) in [6.07, 6.45) is 3.79. The lowest BCUT2D eigenvalue weighted by Crippen LogP contribution is -2.09. The fourth-order valence-corrected chi connectivity index (χ4v) is 1.21. The van der Waals surface area contributed by atoms with Crippen LogP contribution in [0.25, 0.3) is 0 Å². The second-order valence-corrected chi connectivity index (χ2v) is 2.86. The normalized spacial score (nSPS) is 13.4. The Morgan fingerprint density at radius 2 is 2.36 bits per heavy atom. The highest BCUT2D eigenvalue weighted by molar-refractivity contribution is 5.17. The monoisotopic (exact) mass is 153 g/mol. The molecule has 0 aromatic carbocycles. The van der Waals surface area contributed by atoms with Crippen molar-refractivity contribution in [3.8, 4) is 0 Å². The van der Waals surface area contributed by atoms with Gasteiger partial charge >= 0.3 is 0 Å². The highest BCUT2D eigenvalue weighted by Crippen LogP contribution is 2.19. The van der Waals surface area contributed by atoms with Crippen molar-refractivity contribution in [1.29, 1.82) is 0 Å². The highest BCUT2D eigenvalue weighted by atomic mass is 16.3. The molecule has 0 amide bonds. The molecule has 2 heteroatoms. The summed E-state index contributed by atoms with van der Waals surface area (Å²) in [7, 11) is 0. The summed E-state index contributed by atoms with van der Waals surface area (Å²) in [6, 6.07) is 2.03. The van der Waals surface area contributed by atoms with Gasteiger partial charge in [-0.3, -0.25) is 0 Å². The van der Waals surface area contributed by atoms with Crippen LogP contribution in [0, 0.1) is 6.92 Å². The lowest BCUT2D eigenvalue weighted by molar-refractivity contribution is 0.447. The van der Waals surface area contributed by atoms with E-state index in [9.17, 15) is 0 Å². The van der Waals surface area contributed by atoms with Crippen LogP contribution in [0.15, 0.2) is 16.7 Å². The first-order chi connectivity index (χ1) is 5.25. The number of aryl methyl sites for hydroxylation is 1. The predicted molar refractivity (Wildman–Crippen MR) is 45.3 cm³/mol. The van der Waals surface area contributed by atoms with Gasteiger partial charge in [-0.15, -0.1) is 0 Å². The van der Waals surface area contributed by atoms with Crippen molar-refractivity contribution in [1.82, 2.24) is 0 Å². The van der Waals surface area contributed by atoms with E-state index in [2.05, 4.69) is 6.92 Å². The van der Waals surface area contributed by atoms with Crippen molar-refractivity contribution < 1.29 is 4.42 Å². The van der Waals surface area contributed by atoms with Crippen LogP contribution in [-0.2, 0) is 0 Å². The largest absolute Gasteiger partial charge is 0.467 e. The van der Waals surface area contributed by atoms with Crippen molar-refractivity contribution in [2.75, 3.05) is 0 Å². The summed E-state index contributed by atoms with van der Waals surface area (Å²) in [5.41, 5.74) is 7.02. The maximum Gasteiger partial charge on any atom is 0.123 e. The first-order valence-electron chi connectivity index (χ1n) is 4.05. The quantitative estimate of drug-likeness (QED) is 0.724. The van der Waals surface area contributed by atoms with Gasteiger partial charge in [0.2, 0.25) is 0 Å². The minimum Gasteiger partial charge on any atom is -0.467 e. The smallest absolute Gasteiger partial charge is 0.123 e. The van der Waals surface area contributed by atoms with E-state index in [0.717, 1.165) is 24.2 Å². The molecule has 1 aromatic heterocycles. The fraction of sp³-hybridized carbons (Fsp3) is 0.556. The van der Waals surface area contributed by atoms with Gasteiger partial charge in [0.25, 0.3) is 0 Å². The maximum atomic E-state index is 5.86. The molecule has 0 saturated carbocycles. The van der Waals surface area contributed by atoms with E-state index >= 15 is 0 Å². The number of rotatable bonds is 3. The minimum absolute atomic E-state index is 0.0787. The second kappa shape index (κ2) is 3.58. The topological polar surface area (TPSA) is 39.2 Å². The molecule has 0 bridgehead atoms. The first kappa shape index (κ1) is 8.34. The minimum atomic E-state index is 0.0787.